The standard InChI is InChI=1S/C11H22O3/c1-3-11(9-12)7-5-4-6-8-14-10(2)13/h11-12H,3-9H2,1-2H3. The maximum Gasteiger partial charge on any atom is 0.302 e. The second-order valence-electron chi connectivity index (χ2n) is 3.65. The van der Waals surface area contributed by atoms with Crippen LogP contribution in [-0.4, -0.2) is 24.3 Å². The van der Waals surface area contributed by atoms with E-state index in [0.717, 1.165) is 32.1 Å². The van der Waals surface area contributed by atoms with Gasteiger partial charge in [0, 0.05) is 13.5 Å². The van der Waals surface area contributed by atoms with Gasteiger partial charge in [0.1, 0.15) is 0 Å². The van der Waals surface area contributed by atoms with E-state index in [1.165, 1.54) is 6.92 Å². The Labute approximate surface area is 86.5 Å². The number of hydrogen-bond donors (Lipinski definition) is 1. The highest BCUT2D eigenvalue weighted by Gasteiger charge is 2.03. The second-order valence-corrected chi connectivity index (χ2v) is 3.65. The van der Waals surface area contributed by atoms with Gasteiger partial charge in [-0.25, -0.2) is 0 Å². The molecule has 84 valence electrons. The molecule has 0 spiro atoms. The van der Waals surface area contributed by atoms with Crippen LogP contribution in [0.15, 0.2) is 0 Å². The normalized spacial score (nSPS) is 12.5. The Morgan fingerprint density at radius 3 is 2.57 bits per heavy atom. The van der Waals surface area contributed by atoms with Gasteiger partial charge in [-0.05, 0) is 18.8 Å². The average Bonchev–Trinajstić information content (AvgIpc) is 2.16. The number of esters is 1. The van der Waals surface area contributed by atoms with Crippen molar-refractivity contribution in [3.05, 3.63) is 0 Å². The molecule has 0 amide bonds. The van der Waals surface area contributed by atoms with E-state index in [9.17, 15) is 4.79 Å². The minimum atomic E-state index is -0.202. The monoisotopic (exact) mass is 202 g/mol. The molecule has 1 N–H and O–H groups in total. The summed E-state index contributed by atoms with van der Waals surface area (Å²) in [6.45, 7) is 4.35. The first kappa shape index (κ1) is 13.4. The third-order valence-corrected chi connectivity index (χ3v) is 2.40. The summed E-state index contributed by atoms with van der Waals surface area (Å²) in [6, 6.07) is 0. The molecule has 1 atom stereocenters. The highest BCUT2D eigenvalue weighted by molar-refractivity contribution is 5.65. The van der Waals surface area contributed by atoms with E-state index in [2.05, 4.69) is 6.92 Å². The smallest absolute Gasteiger partial charge is 0.302 e. The van der Waals surface area contributed by atoms with Crippen molar-refractivity contribution in [2.75, 3.05) is 13.2 Å². The Hall–Kier alpha value is -0.570. The van der Waals surface area contributed by atoms with Crippen LogP contribution in [0.1, 0.15) is 46.0 Å². The number of hydrogen-bond acceptors (Lipinski definition) is 3. The van der Waals surface area contributed by atoms with Crippen LogP contribution in [0.5, 0.6) is 0 Å². The van der Waals surface area contributed by atoms with Gasteiger partial charge < -0.3 is 9.84 Å². The first-order valence-corrected chi connectivity index (χ1v) is 5.45. The van der Waals surface area contributed by atoms with Gasteiger partial charge in [-0.15, -0.1) is 0 Å². The van der Waals surface area contributed by atoms with Crippen molar-refractivity contribution < 1.29 is 14.6 Å². The molecule has 14 heavy (non-hydrogen) atoms. The van der Waals surface area contributed by atoms with Gasteiger partial charge in [-0.3, -0.25) is 4.79 Å². The molecule has 0 bridgehead atoms. The molecule has 0 aromatic heterocycles. The molecule has 0 aliphatic carbocycles. The number of aliphatic hydroxyl groups excluding tert-OH is 1. The zero-order valence-corrected chi connectivity index (χ0v) is 9.29. The fraction of sp³-hybridized carbons (Fsp3) is 0.909. The number of unbranched alkanes of at least 4 members (excludes halogenated alkanes) is 2. The van der Waals surface area contributed by atoms with Crippen molar-refractivity contribution in [1.82, 2.24) is 0 Å². The molecule has 0 saturated heterocycles. The molecule has 0 aromatic rings. The highest BCUT2D eigenvalue weighted by atomic mass is 16.5. The third kappa shape index (κ3) is 8.05. The van der Waals surface area contributed by atoms with E-state index >= 15 is 0 Å². The van der Waals surface area contributed by atoms with Gasteiger partial charge in [0.25, 0.3) is 0 Å². The molecular weight excluding hydrogens is 180 g/mol. The number of aliphatic hydroxyl groups is 1. The van der Waals surface area contributed by atoms with Crippen LogP contribution >= 0.6 is 0 Å². The third-order valence-electron chi connectivity index (χ3n) is 2.40. The van der Waals surface area contributed by atoms with Gasteiger partial charge >= 0.3 is 5.97 Å². The minimum Gasteiger partial charge on any atom is -0.466 e. The Morgan fingerprint density at radius 1 is 1.36 bits per heavy atom. The lowest BCUT2D eigenvalue weighted by Crippen LogP contribution is -2.05. The Morgan fingerprint density at radius 2 is 2.07 bits per heavy atom. The molecule has 0 saturated carbocycles. The summed E-state index contributed by atoms with van der Waals surface area (Å²) in [6.07, 6.45) is 5.24. The highest BCUT2D eigenvalue weighted by Crippen LogP contribution is 2.12. The zero-order chi connectivity index (χ0) is 10.8. The van der Waals surface area contributed by atoms with Gasteiger partial charge in [0.2, 0.25) is 0 Å². The Balaban J connectivity index is 3.16. The summed E-state index contributed by atoms with van der Waals surface area (Å²) >= 11 is 0. The van der Waals surface area contributed by atoms with Crippen LogP contribution in [0, 0.1) is 5.92 Å². The molecule has 1 unspecified atom stereocenters. The van der Waals surface area contributed by atoms with Crippen LogP contribution in [0.25, 0.3) is 0 Å². The van der Waals surface area contributed by atoms with Crippen LogP contribution in [0.3, 0.4) is 0 Å². The average molecular weight is 202 g/mol. The molecule has 0 aliphatic rings. The zero-order valence-electron chi connectivity index (χ0n) is 9.29. The quantitative estimate of drug-likeness (QED) is 0.484. The van der Waals surface area contributed by atoms with Gasteiger partial charge in [-0.2, -0.15) is 0 Å². The molecule has 0 fully saturated rings. The van der Waals surface area contributed by atoms with Gasteiger partial charge in [-0.1, -0.05) is 26.2 Å². The number of rotatable bonds is 8. The lowest BCUT2D eigenvalue weighted by Gasteiger charge is -2.10. The number of carbonyl (C=O) groups excluding carboxylic acids is 1. The second kappa shape index (κ2) is 9.00. The van der Waals surface area contributed by atoms with Crippen LogP contribution in [-0.2, 0) is 9.53 Å². The largest absolute Gasteiger partial charge is 0.466 e. The molecule has 0 aliphatic heterocycles. The lowest BCUT2D eigenvalue weighted by atomic mass is 10.00. The first-order chi connectivity index (χ1) is 6.70. The van der Waals surface area contributed by atoms with E-state index in [0.29, 0.717) is 19.1 Å². The number of carbonyl (C=O) groups is 1. The van der Waals surface area contributed by atoms with Crippen molar-refractivity contribution in [2.24, 2.45) is 5.92 Å². The van der Waals surface area contributed by atoms with Gasteiger partial charge in [0.15, 0.2) is 0 Å². The van der Waals surface area contributed by atoms with E-state index < -0.39 is 0 Å². The molecule has 0 radical (unpaired) electrons. The summed E-state index contributed by atoms with van der Waals surface area (Å²) in [5, 5.41) is 8.93. The fourth-order valence-electron chi connectivity index (χ4n) is 1.35. The lowest BCUT2D eigenvalue weighted by molar-refractivity contribution is -0.141. The Bertz CT molecular complexity index is 141. The number of ether oxygens (including phenoxy) is 1. The predicted octanol–water partition coefficient (Wildman–Crippen LogP) is 2.13. The van der Waals surface area contributed by atoms with Crippen molar-refractivity contribution in [3.63, 3.8) is 0 Å². The summed E-state index contributed by atoms with van der Waals surface area (Å²) < 4.78 is 4.81. The molecule has 0 heterocycles. The van der Waals surface area contributed by atoms with Crippen molar-refractivity contribution in [1.29, 1.82) is 0 Å². The van der Waals surface area contributed by atoms with Crippen molar-refractivity contribution in [2.45, 2.75) is 46.0 Å². The fourth-order valence-corrected chi connectivity index (χ4v) is 1.35. The predicted molar refractivity (Wildman–Crippen MR) is 56.0 cm³/mol. The topological polar surface area (TPSA) is 46.5 Å². The van der Waals surface area contributed by atoms with E-state index in [-0.39, 0.29) is 5.97 Å². The van der Waals surface area contributed by atoms with Crippen LogP contribution < -0.4 is 0 Å². The van der Waals surface area contributed by atoms with E-state index in [4.69, 9.17) is 9.84 Å². The molecule has 3 nitrogen and oxygen atoms in total. The van der Waals surface area contributed by atoms with E-state index in [1.54, 1.807) is 0 Å². The molecule has 3 heteroatoms. The van der Waals surface area contributed by atoms with Crippen molar-refractivity contribution in [3.8, 4) is 0 Å². The summed E-state index contributed by atoms with van der Waals surface area (Å²) in [5.41, 5.74) is 0. The van der Waals surface area contributed by atoms with E-state index in [1.807, 2.05) is 0 Å². The molecule has 0 rings (SSSR count). The molecule has 0 aromatic carbocycles. The summed E-state index contributed by atoms with van der Waals surface area (Å²) in [5.74, 6) is 0.246. The van der Waals surface area contributed by atoms with Crippen LogP contribution in [0.2, 0.25) is 0 Å². The Kier molecular flexibility index (Phi) is 8.64. The SMILES string of the molecule is CCC(CO)CCCCCOC(C)=O. The summed E-state index contributed by atoms with van der Waals surface area (Å²) in [4.78, 5) is 10.4. The molecular formula is C11H22O3. The van der Waals surface area contributed by atoms with Crippen molar-refractivity contribution >= 4 is 5.97 Å². The first-order valence-electron chi connectivity index (χ1n) is 5.45. The van der Waals surface area contributed by atoms with Crippen LogP contribution in [0.4, 0.5) is 0 Å². The maximum absolute atomic E-state index is 10.4. The maximum atomic E-state index is 10.4. The van der Waals surface area contributed by atoms with Gasteiger partial charge in [0.05, 0.1) is 6.61 Å². The minimum absolute atomic E-state index is 0.202. The summed E-state index contributed by atoms with van der Waals surface area (Å²) in [7, 11) is 0.